The van der Waals surface area contributed by atoms with Crippen molar-refractivity contribution in [3.8, 4) is 5.75 Å². The van der Waals surface area contributed by atoms with Crippen LogP contribution in [0.4, 0.5) is 0 Å². The van der Waals surface area contributed by atoms with Gasteiger partial charge in [-0.1, -0.05) is 0 Å². The molecule has 0 fully saturated rings. The molecule has 6 rings (SSSR count). The van der Waals surface area contributed by atoms with Crippen molar-refractivity contribution in [2.75, 3.05) is 7.11 Å². The SMILES string of the molecule is C1=Cc2cc3ccc(cc4ccc(cc5nc(cc1n2)C=C5)[nH]4)[nH]3.COc1cc[c-]cc1.[Co]. The normalized spacial score (nSPS) is 11.3. The van der Waals surface area contributed by atoms with Crippen molar-refractivity contribution in [1.82, 2.24) is 19.9 Å². The summed E-state index contributed by atoms with van der Waals surface area (Å²) in [5.41, 5.74) is 7.86. The second-order valence-electron chi connectivity index (χ2n) is 7.34. The number of ether oxygens (including phenoxy) is 1. The van der Waals surface area contributed by atoms with Crippen LogP contribution in [0.2, 0.25) is 0 Å². The van der Waals surface area contributed by atoms with Gasteiger partial charge in [0, 0.05) is 44.6 Å². The molecule has 5 nitrogen and oxygen atoms in total. The van der Waals surface area contributed by atoms with Crippen molar-refractivity contribution in [3.05, 3.63) is 102 Å². The van der Waals surface area contributed by atoms with Gasteiger partial charge in [-0.05, 0) is 72.8 Å². The largest absolute Gasteiger partial charge is 0.522 e. The van der Waals surface area contributed by atoms with E-state index in [1.54, 1.807) is 7.11 Å². The molecule has 6 heteroatoms. The maximum absolute atomic E-state index is 4.89. The van der Waals surface area contributed by atoms with Crippen LogP contribution in [-0.2, 0) is 16.8 Å². The number of benzene rings is 1. The Hall–Kier alpha value is -3.87. The van der Waals surface area contributed by atoms with Gasteiger partial charge in [-0.25, -0.2) is 9.97 Å². The third-order valence-electron chi connectivity index (χ3n) is 4.97. The van der Waals surface area contributed by atoms with Gasteiger partial charge in [0.15, 0.2) is 0 Å². The van der Waals surface area contributed by atoms with Crippen LogP contribution >= 0.6 is 0 Å². The molecule has 0 saturated heterocycles. The van der Waals surface area contributed by atoms with Gasteiger partial charge in [0.1, 0.15) is 0 Å². The summed E-state index contributed by atoms with van der Waals surface area (Å²) >= 11 is 0. The van der Waals surface area contributed by atoms with Crippen LogP contribution in [0.25, 0.3) is 46.4 Å². The summed E-state index contributed by atoms with van der Waals surface area (Å²) in [7, 11) is 1.65. The molecule has 5 heterocycles. The number of fused-ring (bicyclic) bond motifs is 8. The summed E-state index contributed by atoms with van der Waals surface area (Å²) in [6.45, 7) is 0. The van der Waals surface area contributed by atoms with E-state index in [-0.39, 0.29) is 16.8 Å². The summed E-state index contributed by atoms with van der Waals surface area (Å²) in [5, 5.41) is 0. The zero-order valence-corrected chi connectivity index (χ0v) is 18.9. The predicted molar refractivity (Wildman–Crippen MR) is 131 cm³/mol. The third-order valence-corrected chi connectivity index (χ3v) is 4.97. The number of rotatable bonds is 1. The van der Waals surface area contributed by atoms with Gasteiger partial charge in [0.05, 0.1) is 29.9 Å². The average molecular weight is 476 g/mol. The number of nitrogens with zero attached hydrogens (tertiary/aromatic N) is 2. The van der Waals surface area contributed by atoms with Gasteiger partial charge < -0.3 is 14.7 Å². The Kier molecular flexibility index (Phi) is 6.88. The summed E-state index contributed by atoms with van der Waals surface area (Å²) in [6.07, 6.45) is 8.05. The molecule has 0 saturated carbocycles. The van der Waals surface area contributed by atoms with Gasteiger partial charge in [0.2, 0.25) is 0 Å². The number of aromatic amines is 2. The summed E-state index contributed by atoms with van der Waals surface area (Å²) in [4.78, 5) is 16.0. The average Bonchev–Trinajstić information content (AvgIpc) is 3.61. The minimum Gasteiger partial charge on any atom is -0.522 e. The molecular weight excluding hydrogens is 455 g/mol. The fourth-order valence-corrected chi connectivity index (χ4v) is 3.45. The second kappa shape index (κ2) is 10.2. The number of hydrogen-bond donors (Lipinski definition) is 2. The number of aromatic nitrogens is 4. The van der Waals surface area contributed by atoms with Gasteiger partial charge in [-0.3, -0.25) is 0 Å². The number of H-pyrrole nitrogens is 2. The van der Waals surface area contributed by atoms with Crippen molar-refractivity contribution < 1.29 is 21.5 Å². The molecule has 2 aliphatic heterocycles. The molecule has 1 aromatic carbocycles. The zero-order chi connectivity index (χ0) is 21.8. The fraction of sp³-hybridized carbons (Fsp3) is 0.0370. The topological polar surface area (TPSA) is 66.6 Å². The van der Waals surface area contributed by atoms with Crippen molar-refractivity contribution in [2.24, 2.45) is 0 Å². The van der Waals surface area contributed by atoms with Gasteiger partial charge in [-0.2, -0.15) is 18.2 Å². The van der Waals surface area contributed by atoms with Crippen molar-refractivity contribution >= 4 is 46.4 Å². The smallest absolute Gasteiger partial charge is 0.0743 e. The minimum absolute atomic E-state index is 0. The predicted octanol–water partition coefficient (Wildman–Crippen LogP) is 6.15. The van der Waals surface area contributed by atoms with Crippen LogP contribution in [0.3, 0.4) is 0 Å². The monoisotopic (exact) mass is 476 g/mol. The van der Waals surface area contributed by atoms with E-state index < -0.39 is 0 Å². The van der Waals surface area contributed by atoms with Crippen LogP contribution < -0.4 is 4.74 Å². The Labute approximate surface area is 202 Å². The van der Waals surface area contributed by atoms with Crippen molar-refractivity contribution in [2.45, 2.75) is 0 Å². The van der Waals surface area contributed by atoms with E-state index in [9.17, 15) is 0 Å². The molecular formula is C27H21CoN4O-. The zero-order valence-electron chi connectivity index (χ0n) is 17.9. The Morgan fingerprint density at radius 3 is 1.45 bits per heavy atom. The molecule has 0 unspecified atom stereocenters. The Morgan fingerprint density at radius 1 is 0.606 bits per heavy atom. The van der Waals surface area contributed by atoms with Gasteiger partial charge in [0.25, 0.3) is 0 Å². The molecule has 0 aliphatic carbocycles. The van der Waals surface area contributed by atoms with E-state index in [0.29, 0.717) is 0 Å². The van der Waals surface area contributed by atoms with E-state index in [2.05, 4.69) is 56.3 Å². The second-order valence-corrected chi connectivity index (χ2v) is 7.34. The molecule has 3 aromatic heterocycles. The van der Waals surface area contributed by atoms with E-state index in [0.717, 1.165) is 50.6 Å². The molecule has 4 aromatic rings. The van der Waals surface area contributed by atoms with Crippen LogP contribution in [-0.4, -0.2) is 27.0 Å². The van der Waals surface area contributed by atoms with Gasteiger partial charge >= 0.3 is 0 Å². The maximum Gasteiger partial charge on any atom is 0.0743 e. The third kappa shape index (κ3) is 5.68. The van der Waals surface area contributed by atoms with Crippen LogP contribution in [0.15, 0.2) is 72.8 Å². The number of nitrogens with one attached hydrogen (secondary N) is 2. The van der Waals surface area contributed by atoms with Gasteiger partial charge in [-0.15, -0.1) is 12.1 Å². The molecule has 165 valence electrons. The summed E-state index contributed by atoms with van der Waals surface area (Å²) in [6, 6.07) is 26.7. The molecule has 1 radical (unpaired) electrons. The standard InChI is InChI=1S/C20H14N4.C7H7O.Co/c1-2-14-10-16-5-6-18(23-16)12-20-8-7-19(24-20)11-17-4-3-15(22-17)9-13(1)21-14;1-8-7-5-3-2-4-6-7;/h1-12,21-22H;3-6H,1H3;/q;-1;. The van der Waals surface area contributed by atoms with Crippen LogP contribution in [0.5, 0.6) is 5.75 Å². The minimum atomic E-state index is 0. The summed E-state index contributed by atoms with van der Waals surface area (Å²) < 4.78 is 4.89. The molecule has 0 amide bonds. The Balaban J connectivity index is 0.000000247. The first-order valence-electron chi connectivity index (χ1n) is 10.3. The number of hydrogen-bond acceptors (Lipinski definition) is 3. The first-order valence-corrected chi connectivity index (χ1v) is 10.3. The molecule has 8 bridgehead atoms. The Morgan fingerprint density at radius 2 is 1.03 bits per heavy atom. The van der Waals surface area contributed by atoms with E-state index in [4.69, 9.17) is 4.74 Å². The molecule has 2 aliphatic rings. The maximum atomic E-state index is 4.89. The molecule has 2 N–H and O–H groups in total. The molecule has 33 heavy (non-hydrogen) atoms. The van der Waals surface area contributed by atoms with Crippen LogP contribution in [0.1, 0.15) is 22.8 Å². The number of methoxy groups -OCH3 is 1. The van der Waals surface area contributed by atoms with E-state index in [1.165, 1.54) is 0 Å². The first kappa shape index (κ1) is 22.3. The molecule has 0 atom stereocenters. The van der Waals surface area contributed by atoms with Crippen molar-refractivity contribution in [1.29, 1.82) is 0 Å². The Bertz CT molecular complexity index is 1380. The van der Waals surface area contributed by atoms with Crippen LogP contribution in [0, 0.1) is 6.07 Å². The summed E-state index contributed by atoms with van der Waals surface area (Å²) in [5.74, 6) is 0.878. The molecule has 0 spiro atoms. The van der Waals surface area contributed by atoms with Crippen molar-refractivity contribution in [3.63, 3.8) is 0 Å². The quantitative estimate of drug-likeness (QED) is 0.280. The fourth-order valence-electron chi connectivity index (χ4n) is 3.45. The van der Waals surface area contributed by atoms with E-state index in [1.807, 2.05) is 66.8 Å². The van der Waals surface area contributed by atoms with E-state index >= 15 is 0 Å². The first-order chi connectivity index (χ1) is 15.7.